The van der Waals surface area contributed by atoms with E-state index in [1.165, 1.54) is 6.33 Å². The van der Waals surface area contributed by atoms with Crippen molar-refractivity contribution in [1.29, 1.82) is 0 Å². The molecule has 21 heavy (non-hydrogen) atoms. The van der Waals surface area contributed by atoms with Crippen molar-refractivity contribution in [1.82, 2.24) is 15.3 Å². The van der Waals surface area contributed by atoms with Crippen LogP contribution in [-0.4, -0.2) is 21.9 Å². The Labute approximate surface area is 128 Å². The third kappa shape index (κ3) is 4.43. The van der Waals surface area contributed by atoms with E-state index in [0.29, 0.717) is 16.5 Å². The highest BCUT2D eigenvalue weighted by molar-refractivity contribution is 6.30. The van der Waals surface area contributed by atoms with Crippen LogP contribution < -0.4 is 10.6 Å². The molecule has 2 rings (SSSR count). The lowest BCUT2D eigenvalue weighted by molar-refractivity contribution is 0.0934. The minimum Gasteiger partial charge on any atom is -0.348 e. The maximum atomic E-state index is 12.0. The quantitative estimate of drug-likeness (QED) is 0.888. The molecule has 110 valence electrons. The van der Waals surface area contributed by atoms with Crippen molar-refractivity contribution in [2.75, 3.05) is 5.32 Å². The van der Waals surface area contributed by atoms with Crippen LogP contribution in [0.1, 0.15) is 30.8 Å². The summed E-state index contributed by atoms with van der Waals surface area (Å²) in [6.07, 6.45) is 2.23. The number of anilines is 2. The minimum absolute atomic E-state index is 0.111. The number of aromatic nitrogens is 2. The predicted octanol–water partition coefficient (Wildman–Crippen LogP) is 3.40. The third-order valence-electron chi connectivity index (χ3n) is 3.01. The van der Waals surface area contributed by atoms with Gasteiger partial charge in [0.15, 0.2) is 0 Å². The highest BCUT2D eigenvalue weighted by Crippen LogP contribution is 2.17. The summed E-state index contributed by atoms with van der Waals surface area (Å²) < 4.78 is 0. The van der Waals surface area contributed by atoms with E-state index in [0.717, 1.165) is 12.1 Å². The maximum Gasteiger partial charge on any atom is 0.270 e. The van der Waals surface area contributed by atoms with Crippen molar-refractivity contribution in [3.05, 3.63) is 47.4 Å². The largest absolute Gasteiger partial charge is 0.348 e. The molecule has 0 bridgehead atoms. The van der Waals surface area contributed by atoms with Crippen molar-refractivity contribution in [3.8, 4) is 0 Å². The second-order valence-electron chi connectivity index (χ2n) is 4.70. The summed E-state index contributed by atoms with van der Waals surface area (Å²) in [6.45, 7) is 3.96. The van der Waals surface area contributed by atoms with E-state index in [1.807, 2.05) is 26.0 Å². The number of benzene rings is 1. The normalized spacial score (nSPS) is 11.8. The zero-order valence-electron chi connectivity index (χ0n) is 11.9. The number of rotatable bonds is 5. The molecule has 1 aromatic heterocycles. The van der Waals surface area contributed by atoms with Crippen LogP contribution in [0, 0.1) is 0 Å². The molecular formula is C15H17ClN4O. The van der Waals surface area contributed by atoms with E-state index >= 15 is 0 Å². The predicted molar refractivity (Wildman–Crippen MR) is 84.0 cm³/mol. The highest BCUT2D eigenvalue weighted by atomic mass is 35.5. The molecule has 0 saturated heterocycles. The van der Waals surface area contributed by atoms with E-state index in [4.69, 9.17) is 11.6 Å². The Balaban J connectivity index is 2.10. The molecule has 0 spiro atoms. The van der Waals surface area contributed by atoms with Crippen LogP contribution in [0.4, 0.5) is 11.5 Å². The molecular weight excluding hydrogens is 288 g/mol. The zero-order valence-corrected chi connectivity index (χ0v) is 12.7. The molecule has 0 saturated carbocycles. The lowest BCUT2D eigenvalue weighted by Crippen LogP contribution is -2.32. The molecule has 1 amide bonds. The average molecular weight is 305 g/mol. The van der Waals surface area contributed by atoms with Gasteiger partial charge in [-0.3, -0.25) is 4.79 Å². The number of hydrogen-bond acceptors (Lipinski definition) is 4. The van der Waals surface area contributed by atoms with E-state index in [1.54, 1.807) is 18.2 Å². The molecule has 1 heterocycles. The van der Waals surface area contributed by atoms with Gasteiger partial charge >= 0.3 is 0 Å². The molecule has 1 atom stereocenters. The Morgan fingerprint density at radius 2 is 2.00 bits per heavy atom. The topological polar surface area (TPSA) is 66.9 Å². The first-order valence-corrected chi connectivity index (χ1v) is 7.11. The fourth-order valence-electron chi connectivity index (χ4n) is 1.63. The number of halogens is 1. The van der Waals surface area contributed by atoms with Gasteiger partial charge in [-0.25, -0.2) is 9.97 Å². The molecule has 0 fully saturated rings. The number of carbonyl (C=O) groups is 1. The summed E-state index contributed by atoms with van der Waals surface area (Å²) in [5.74, 6) is 0.354. The number of nitrogens with zero attached hydrogens (tertiary/aromatic N) is 2. The summed E-state index contributed by atoms with van der Waals surface area (Å²) in [7, 11) is 0. The molecule has 0 aliphatic carbocycles. The standard InChI is InChI=1S/C15H17ClN4O/c1-3-10(2)19-15(21)13-8-14(18-9-17-13)20-12-6-4-11(16)5-7-12/h4-10H,3H2,1-2H3,(H,19,21)(H,17,18,20). The molecule has 2 N–H and O–H groups in total. The van der Waals surface area contributed by atoms with E-state index in [2.05, 4.69) is 20.6 Å². The Morgan fingerprint density at radius 1 is 1.29 bits per heavy atom. The minimum atomic E-state index is -0.203. The lowest BCUT2D eigenvalue weighted by Gasteiger charge is -2.11. The van der Waals surface area contributed by atoms with Crippen molar-refractivity contribution in [2.24, 2.45) is 0 Å². The Kier molecular flexibility index (Phi) is 5.11. The number of hydrogen-bond donors (Lipinski definition) is 2. The fraction of sp³-hybridized carbons (Fsp3) is 0.267. The van der Waals surface area contributed by atoms with Gasteiger partial charge in [0, 0.05) is 22.8 Å². The number of nitrogens with one attached hydrogen (secondary N) is 2. The Bertz CT molecular complexity index is 615. The second-order valence-corrected chi connectivity index (χ2v) is 5.14. The van der Waals surface area contributed by atoms with Crippen LogP contribution in [0.25, 0.3) is 0 Å². The molecule has 2 aromatic rings. The second kappa shape index (κ2) is 7.04. The van der Waals surface area contributed by atoms with Gasteiger partial charge in [0.2, 0.25) is 0 Å². The summed E-state index contributed by atoms with van der Waals surface area (Å²) in [4.78, 5) is 20.1. The summed E-state index contributed by atoms with van der Waals surface area (Å²) >= 11 is 5.84. The third-order valence-corrected chi connectivity index (χ3v) is 3.26. The average Bonchev–Trinajstić information content (AvgIpc) is 2.49. The molecule has 0 aliphatic rings. The van der Waals surface area contributed by atoms with Crippen LogP contribution in [0.5, 0.6) is 0 Å². The SMILES string of the molecule is CCC(C)NC(=O)c1cc(Nc2ccc(Cl)cc2)ncn1. The van der Waals surface area contributed by atoms with Gasteiger partial charge in [-0.05, 0) is 37.6 Å². The van der Waals surface area contributed by atoms with Crippen molar-refractivity contribution in [2.45, 2.75) is 26.3 Å². The molecule has 5 nitrogen and oxygen atoms in total. The van der Waals surface area contributed by atoms with Crippen molar-refractivity contribution < 1.29 is 4.79 Å². The summed E-state index contributed by atoms with van der Waals surface area (Å²) in [6, 6.07) is 8.96. The number of amides is 1. The fourth-order valence-corrected chi connectivity index (χ4v) is 1.76. The van der Waals surface area contributed by atoms with Gasteiger partial charge < -0.3 is 10.6 Å². The van der Waals surface area contributed by atoms with Crippen LogP contribution in [-0.2, 0) is 0 Å². The molecule has 1 aromatic carbocycles. The van der Waals surface area contributed by atoms with Gasteiger partial charge in [0.1, 0.15) is 17.8 Å². The summed E-state index contributed by atoms with van der Waals surface area (Å²) in [5.41, 5.74) is 1.17. The van der Waals surface area contributed by atoms with Crippen LogP contribution in [0.2, 0.25) is 5.02 Å². The monoisotopic (exact) mass is 304 g/mol. The molecule has 1 unspecified atom stereocenters. The van der Waals surface area contributed by atoms with E-state index in [-0.39, 0.29) is 11.9 Å². The van der Waals surface area contributed by atoms with Gasteiger partial charge in [-0.2, -0.15) is 0 Å². The molecule has 6 heteroatoms. The van der Waals surface area contributed by atoms with Crippen molar-refractivity contribution >= 4 is 29.0 Å². The van der Waals surface area contributed by atoms with Gasteiger partial charge in [0.25, 0.3) is 5.91 Å². The van der Waals surface area contributed by atoms with E-state index < -0.39 is 0 Å². The maximum absolute atomic E-state index is 12.0. The van der Waals surface area contributed by atoms with Gasteiger partial charge in [0.05, 0.1) is 0 Å². The number of carbonyl (C=O) groups excluding carboxylic acids is 1. The molecule has 0 aliphatic heterocycles. The van der Waals surface area contributed by atoms with E-state index in [9.17, 15) is 4.79 Å². The van der Waals surface area contributed by atoms with Crippen LogP contribution >= 0.6 is 11.6 Å². The van der Waals surface area contributed by atoms with Gasteiger partial charge in [-0.1, -0.05) is 18.5 Å². The smallest absolute Gasteiger partial charge is 0.270 e. The Morgan fingerprint density at radius 3 is 2.67 bits per heavy atom. The zero-order chi connectivity index (χ0) is 15.2. The first-order valence-electron chi connectivity index (χ1n) is 6.74. The first-order chi connectivity index (χ1) is 10.1. The molecule has 0 radical (unpaired) electrons. The van der Waals surface area contributed by atoms with Gasteiger partial charge in [-0.15, -0.1) is 0 Å². The van der Waals surface area contributed by atoms with Crippen LogP contribution in [0.15, 0.2) is 36.7 Å². The highest BCUT2D eigenvalue weighted by Gasteiger charge is 2.11. The Hall–Kier alpha value is -2.14. The summed E-state index contributed by atoms with van der Waals surface area (Å²) in [5, 5.41) is 6.64. The first kappa shape index (κ1) is 15.3. The van der Waals surface area contributed by atoms with Crippen LogP contribution in [0.3, 0.4) is 0 Å². The lowest BCUT2D eigenvalue weighted by atomic mass is 10.2. The van der Waals surface area contributed by atoms with Crippen molar-refractivity contribution in [3.63, 3.8) is 0 Å².